The number of hydrogen-bond acceptors (Lipinski definition) is 2. The number of nitrogens with zero attached hydrogens (tertiary/aromatic N) is 1. The van der Waals surface area contributed by atoms with Crippen LogP contribution in [0, 0.1) is 11.8 Å². The lowest BCUT2D eigenvalue weighted by Crippen LogP contribution is -2.35. The molecule has 0 saturated heterocycles. The smallest absolute Gasteiger partial charge is 0.305 e. The van der Waals surface area contributed by atoms with E-state index in [4.69, 9.17) is 5.11 Å². The van der Waals surface area contributed by atoms with Crippen LogP contribution >= 0.6 is 0 Å². The monoisotopic (exact) mass is 269 g/mol. The van der Waals surface area contributed by atoms with Crippen LogP contribution in [0.15, 0.2) is 0 Å². The summed E-state index contributed by atoms with van der Waals surface area (Å²) in [6.07, 6.45) is 8.06. The fraction of sp³-hybridized carbons (Fsp3) is 0.867. The van der Waals surface area contributed by atoms with Gasteiger partial charge in [0.25, 0.3) is 0 Å². The number of carboxylic acids is 1. The van der Waals surface area contributed by atoms with Gasteiger partial charge in [0, 0.05) is 19.5 Å². The van der Waals surface area contributed by atoms with Crippen LogP contribution in [0.1, 0.15) is 58.3 Å². The molecular formula is C15H27NO3. The maximum absolute atomic E-state index is 12.4. The number of rotatable bonds is 8. The van der Waals surface area contributed by atoms with E-state index in [1.165, 1.54) is 25.7 Å². The predicted molar refractivity (Wildman–Crippen MR) is 74.9 cm³/mol. The summed E-state index contributed by atoms with van der Waals surface area (Å²) in [6, 6.07) is 0. The molecule has 19 heavy (non-hydrogen) atoms. The average molecular weight is 269 g/mol. The SMILES string of the molecule is CCCC(CC1CCCC1)C(=O)N(C)CCC(=O)O. The molecule has 1 saturated carbocycles. The molecule has 0 bridgehead atoms. The van der Waals surface area contributed by atoms with Crippen LogP contribution in [0.5, 0.6) is 0 Å². The van der Waals surface area contributed by atoms with Gasteiger partial charge in [-0.25, -0.2) is 0 Å². The second-order valence-electron chi connectivity index (χ2n) is 5.78. The molecule has 0 spiro atoms. The molecule has 1 rings (SSSR count). The Bertz CT molecular complexity index is 298. The summed E-state index contributed by atoms with van der Waals surface area (Å²) in [5.74, 6) is 0.0813. The van der Waals surface area contributed by atoms with Gasteiger partial charge in [-0.05, 0) is 18.8 Å². The summed E-state index contributed by atoms with van der Waals surface area (Å²) in [6.45, 7) is 2.42. The van der Waals surface area contributed by atoms with Gasteiger partial charge < -0.3 is 10.0 Å². The minimum Gasteiger partial charge on any atom is -0.481 e. The van der Waals surface area contributed by atoms with Crippen LogP contribution in [0.25, 0.3) is 0 Å². The zero-order valence-corrected chi connectivity index (χ0v) is 12.2. The van der Waals surface area contributed by atoms with Crippen LogP contribution in [0.3, 0.4) is 0 Å². The largest absolute Gasteiger partial charge is 0.481 e. The predicted octanol–water partition coefficient (Wildman–Crippen LogP) is 2.92. The molecule has 0 aromatic heterocycles. The Morgan fingerprint density at radius 1 is 1.32 bits per heavy atom. The van der Waals surface area contributed by atoms with Gasteiger partial charge in [0.2, 0.25) is 5.91 Å². The quantitative estimate of drug-likeness (QED) is 0.737. The van der Waals surface area contributed by atoms with Gasteiger partial charge in [0.15, 0.2) is 0 Å². The minimum absolute atomic E-state index is 0.0323. The van der Waals surface area contributed by atoms with Crippen molar-refractivity contribution in [2.45, 2.75) is 58.3 Å². The highest BCUT2D eigenvalue weighted by Gasteiger charge is 2.26. The Kier molecular flexibility index (Phi) is 6.89. The van der Waals surface area contributed by atoms with Crippen LogP contribution < -0.4 is 0 Å². The first-order valence-corrected chi connectivity index (χ1v) is 7.51. The van der Waals surface area contributed by atoms with Crippen molar-refractivity contribution in [2.24, 2.45) is 11.8 Å². The molecule has 1 aliphatic carbocycles. The van der Waals surface area contributed by atoms with Gasteiger partial charge in [0.1, 0.15) is 0 Å². The zero-order valence-electron chi connectivity index (χ0n) is 12.2. The normalized spacial score (nSPS) is 17.4. The molecule has 0 aromatic rings. The maximum atomic E-state index is 12.4. The molecule has 110 valence electrons. The molecule has 0 aromatic carbocycles. The molecule has 1 atom stereocenters. The lowest BCUT2D eigenvalue weighted by atomic mass is 9.89. The molecule has 4 heteroatoms. The molecule has 0 radical (unpaired) electrons. The second kappa shape index (κ2) is 8.18. The third kappa shape index (κ3) is 5.62. The Morgan fingerprint density at radius 2 is 1.95 bits per heavy atom. The van der Waals surface area contributed by atoms with E-state index in [0.29, 0.717) is 12.5 Å². The summed E-state index contributed by atoms with van der Waals surface area (Å²) in [4.78, 5) is 24.5. The van der Waals surface area contributed by atoms with Crippen molar-refractivity contribution < 1.29 is 14.7 Å². The summed E-state index contributed by atoms with van der Waals surface area (Å²) >= 11 is 0. The van der Waals surface area contributed by atoms with Crippen molar-refractivity contribution in [2.75, 3.05) is 13.6 Å². The summed E-state index contributed by atoms with van der Waals surface area (Å²) < 4.78 is 0. The van der Waals surface area contributed by atoms with Crippen molar-refractivity contribution in [1.29, 1.82) is 0 Å². The first kappa shape index (κ1) is 16.0. The Morgan fingerprint density at radius 3 is 2.47 bits per heavy atom. The first-order valence-electron chi connectivity index (χ1n) is 7.51. The van der Waals surface area contributed by atoms with E-state index in [2.05, 4.69) is 6.92 Å². The Hall–Kier alpha value is -1.06. The number of carboxylic acid groups (broad SMARTS) is 1. The van der Waals surface area contributed by atoms with Crippen molar-refractivity contribution in [3.8, 4) is 0 Å². The highest BCUT2D eigenvalue weighted by atomic mass is 16.4. The molecule has 0 heterocycles. The molecular weight excluding hydrogens is 242 g/mol. The van der Waals surface area contributed by atoms with E-state index in [1.54, 1.807) is 11.9 Å². The summed E-state index contributed by atoms with van der Waals surface area (Å²) in [5.41, 5.74) is 0. The standard InChI is InChI=1S/C15H27NO3/c1-3-6-13(11-12-7-4-5-8-12)15(19)16(2)10-9-14(17)18/h12-13H,3-11H2,1-2H3,(H,17,18). The van der Waals surface area contributed by atoms with E-state index in [-0.39, 0.29) is 18.2 Å². The number of hydrogen-bond donors (Lipinski definition) is 1. The van der Waals surface area contributed by atoms with E-state index >= 15 is 0 Å². The molecule has 1 aliphatic rings. The highest BCUT2D eigenvalue weighted by Crippen LogP contribution is 2.32. The number of aliphatic carboxylic acids is 1. The third-order valence-corrected chi connectivity index (χ3v) is 4.12. The number of carbonyl (C=O) groups excluding carboxylic acids is 1. The molecule has 0 aliphatic heterocycles. The fourth-order valence-electron chi connectivity index (χ4n) is 3.02. The van der Waals surface area contributed by atoms with Gasteiger partial charge >= 0.3 is 5.97 Å². The Labute approximate surface area is 116 Å². The maximum Gasteiger partial charge on any atom is 0.305 e. The number of carbonyl (C=O) groups is 2. The fourth-order valence-corrected chi connectivity index (χ4v) is 3.02. The van der Waals surface area contributed by atoms with Gasteiger partial charge in [-0.3, -0.25) is 9.59 Å². The van der Waals surface area contributed by atoms with Gasteiger partial charge in [0.05, 0.1) is 6.42 Å². The molecule has 1 amide bonds. The number of amides is 1. The van der Waals surface area contributed by atoms with Crippen LogP contribution in [0.2, 0.25) is 0 Å². The van der Waals surface area contributed by atoms with Crippen molar-refractivity contribution in [3.63, 3.8) is 0 Å². The minimum atomic E-state index is -0.845. The van der Waals surface area contributed by atoms with Crippen LogP contribution in [-0.4, -0.2) is 35.5 Å². The van der Waals surface area contributed by atoms with E-state index in [1.807, 2.05) is 0 Å². The van der Waals surface area contributed by atoms with E-state index < -0.39 is 5.97 Å². The summed E-state index contributed by atoms with van der Waals surface area (Å²) in [5, 5.41) is 8.68. The average Bonchev–Trinajstić information content (AvgIpc) is 2.87. The van der Waals surface area contributed by atoms with Crippen LogP contribution in [0.4, 0.5) is 0 Å². The van der Waals surface area contributed by atoms with Crippen molar-refractivity contribution in [3.05, 3.63) is 0 Å². The van der Waals surface area contributed by atoms with Crippen LogP contribution in [-0.2, 0) is 9.59 Å². The van der Waals surface area contributed by atoms with Gasteiger partial charge in [-0.15, -0.1) is 0 Å². The van der Waals surface area contributed by atoms with Gasteiger partial charge in [-0.2, -0.15) is 0 Å². The summed E-state index contributed by atoms with van der Waals surface area (Å²) in [7, 11) is 1.72. The highest BCUT2D eigenvalue weighted by molar-refractivity contribution is 5.79. The lowest BCUT2D eigenvalue weighted by molar-refractivity contribution is -0.139. The van der Waals surface area contributed by atoms with Crippen molar-refractivity contribution in [1.82, 2.24) is 4.90 Å². The molecule has 1 N–H and O–H groups in total. The first-order chi connectivity index (χ1) is 9.04. The topological polar surface area (TPSA) is 57.6 Å². The van der Waals surface area contributed by atoms with Gasteiger partial charge in [-0.1, -0.05) is 39.0 Å². The lowest BCUT2D eigenvalue weighted by Gasteiger charge is -2.25. The third-order valence-electron chi connectivity index (χ3n) is 4.12. The Balaban J connectivity index is 2.47. The molecule has 1 unspecified atom stereocenters. The second-order valence-corrected chi connectivity index (χ2v) is 5.78. The van der Waals surface area contributed by atoms with E-state index in [9.17, 15) is 9.59 Å². The molecule has 1 fully saturated rings. The molecule has 4 nitrogen and oxygen atoms in total. The van der Waals surface area contributed by atoms with Crippen molar-refractivity contribution >= 4 is 11.9 Å². The van der Waals surface area contributed by atoms with E-state index in [0.717, 1.165) is 19.3 Å². The zero-order chi connectivity index (χ0) is 14.3.